The van der Waals surface area contributed by atoms with Crippen molar-refractivity contribution in [2.45, 2.75) is 19.5 Å². The van der Waals surface area contributed by atoms with E-state index in [2.05, 4.69) is 34.5 Å². The largest absolute Gasteiger partial charge is 0.493 e. The molecule has 2 heterocycles. The standard InChI is InChI=1S/C29H29N3O3/c1-34-26-13-7-8-14-27(26)35-18-16-30-29(33)28-22-11-5-6-12-24(22)31-25-15-17-32(20-23(25)28)19-21-9-3-2-4-10-21/h2-14H,15-20H2,1H3,(H,30,33). The molecule has 0 spiro atoms. The molecule has 0 saturated carbocycles. The molecule has 1 aromatic heterocycles. The molecule has 6 heteroatoms. The molecule has 0 saturated heterocycles. The smallest absolute Gasteiger partial charge is 0.252 e. The fourth-order valence-electron chi connectivity index (χ4n) is 4.63. The highest BCUT2D eigenvalue weighted by molar-refractivity contribution is 6.07. The number of hydrogen-bond acceptors (Lipinski definition) is 5. The quantitative estimate of drug-likeness (QED) is 0.384. The van der Waals surface area contributed by atoms with E-state index in [0.29, 0.717) is 31.2 Å². The molecule has 0 unspecified atom stereocenters. The van der Waals surface area contributed by atoms with Crippen molar-refractivity contribution in [3.05, 3.63) is 101 Å². The second-order valence-corrected chi connectivity index (χ2v) is 8.63. The molecule has 0 atom stereocenters. The van der Waals surface area contributed by atoms with E-state index in [1.807, 2.05) is 54.6 Å². The molecule has 1 aliphatic heterocycles. The first-order chi connectivity index (χ1) is 17.2. The third-order valence-corrected chi connectivity index (χ3v) is 6.32. The van der Waals surface area contributed by atoms with Crippen LogP contribution < -0.4 is 14.8 Å². The normalized spacial score (nSPS) is 13.3. The van der Waals surface area contributed by atoms with Gasteiger partial charge in [0.25, 0.3) is 5.91 Å². The second-order valence-electron chi connectivity index (χ2n) is 8.63. The number of carbonyl (C=O) groups is 1. The number of methoxy groups -OCH3 is 1. The number of amides is 1. The third-order valence-electron chi connectivity index (χ3n) is 6.32. The molecule has 0 aliphatic carbocycles. The van der Waals surface area contributed by atoms with Gasteiger partial charge in [-0.1, -0.05) is 60.7 Å². The zero-order chi connectivity index (χ0) is 24.0. The van der Waals surface area contributed by atoms with Gasteiger partial charge in [0, 0.05) is 42.7 Å². The topological polar surface area (TPSA) is 63.7 Å². The molecular formula is C29H29N3O3. The van der Waals surface area contributed by atoms with Crippen LogP contribution in [0.5, 0.6) is 11.5 Å². The van der Waals surface area contributed by atoms with E-state index < -0.39 is 0 Å². The minimum Gasteiger partial charge on any atom is -0.493 e. The van der Waals surface area contributed by atoms with Crippen molar-refractivity contribution in [3.63, 3.8) is 0 Å². The van der Waals surface area contributed by atoms with Gasteiger partial charge in [-0.25, -0.2) is 0 Å². The highest BCUT2D eigenvalue weighted by atomic mass is 16.5. The first-order valence-electron chi connectivity index (χ1n) is 11.9. The Morgan fingerprint density at radius 1 is 0.971 bits per heavy atom. The molecule has 0 fully saturated rings. The van der Waals surface area contributed by atoms with Crippen LogP contribution in [0.4, 0.5) is 0 Å². The molecule has 3 aromatic carbocycles. The van der Waals surface area contributed by atoms with Crippen LogP contribution in [0.2, 0.25) is 0 Å². The molecule has 1 amide bonds. The van der Waals surface area contributed by atoms with Crippen LogP contribution >= 0.6 is 0 Å². The molecular weight excluding hydrogens is 438 g/mol. The van der Waals surface area contributed by atoms with Gasteiger partial charge in [-0.15, -0.1) is 0 Å². The summed E-state index contributed by atoms with van der Waals surface area (Å²) in [4.78, 5) is 20.8. The van der Waals surface area contributed by atoms with Crippen molar-refractivity contribution in [1.29, 1.82) is 0 Å². The number of nitrogens with one attached hydrogen (secondary N) is 1. The molecule has 178 valence electrons. The number of hydrogen-bond donors (Lipinski definition) is 1. The Morgan fingerprint density at radius 3 is 2.54 bits per heavy atom. The van der Waals surface area contributed by atoms with E-state index in [4.69, 9.17) is 14.5 Å². The van der Waals surface area contributed by atoms with E-state index in [0.717, 1.165) is 47.2 Å². The van der Waals surface area contributed by atoms with E-state index in [-0.39, 0.29) is 5.91 Å². The number of para-hydroxylation sites is 3. The molecule has 4 aromatic rings. The minimum absolute atomic E-state index is 0.0926. The summed E-state index contributed by atoms with van der Waals surface area (Å²) in [5.74, 6) is 1.24. The highest BCUT2D eigenvalue weighted by Crippen LogP contribution is 2.29. The van der Waals surface area contributed by atoms with Gasteiger partial charge >= 0.3 is 0 Å². The zero-order valence-corrected chi connectivity index (χ0v) is 19.9. The van der Waals surface area contributed by atoms with Crippen LogP contribution in [0.25, 0.3) is 10.9 Å². The predicted octanol–water partition coefficient (Wildman–Crippen LogP) is 4.61. The lowest BCUT2D eigenvalue weighted by atomic mass is 9.95. The Morgan fingerprint density at radius 2 is 1.71 bits per heavy atom. The lowest BCUT2D eigenvalue weighted by molar-refractivity contribution is 0.0945. The van der Waals surface area contributed by atoms with Gasteiger partial charge in [-0.2, -0.15) is 0 Å². The summed E-state index contributed by atoms with van der Waals surface area (Å²) in [6.07, 6.45) is 0.824. The van der Waals surface area contributed by atoms with Gasteiger partial charge in [0.2, 0.25) is 0 Å². The molecule has 1 N–H and O–H groups in total. The minimum atomic E-state index is -0.0926. The van der Waals surface area contributed by atoms with Gasteiger partial charge in [-0.05, 0) is 23.8 Å². The maximum atomic E-state index is 13.5. The van der Waals surface area contributed by atoms with E-state index in [1.54, 1.807) is 7.11 Å². The van der Waals surface area contributed by atoms with Crippen molar-refractivity contribution in [2.24, 2.45) is 0 Å². The summed E-state index contributed by atoms with van der Waals surface area (Å²) in [6, 6.07) is 25.8. The van der Waals surface area contributed by atoms with Crippen molar-refractivity contribution in [2.75, 3.05) is 26.8 Å². The Labute approximate surface area is 205 Å². The summed E-state index contributed by atoms with van der Waals surface area (Å²) < 4.78 is 11.2. The maximum absolute atomic E-state index is 13.5. The number of fused-ring (bicyclic) bond motifs is 2. The summed E-state index contributed by atoms with van der Waals surface area (Å²) in [5.41, 5.74) is 4.89. The van der Waals surface area contributed by atoms with Crippen LogP contribution in [0.3, 0.4) is 0 Å². The third kappa shape index (κ3) is 5.12. The number of pyridine rings is 1. The van der Waals surface area contributed by atoms with Crippen LogP contribution in [-0.2, 0) is 19.5 Å². The van der Waals surface area contributed by atoms with Gasteiger partial charge < -0.3 is 14.8 Å². The SMILES string of the molecule is COc1ccccc1OCCNC(=O)c1c2c(nc3ccccc13)CCN(Cc1ccccc1)C2. The number of ether oxygens (including phenoxy) is 2. The van der Waals surface area contributed by atoms with Crippen molar-refractivity contribution in [1.82, 2.24) is 15.2 Å². The van der Waals surface area contributed by atoms with E-state index >= 15 is 0 Å². The monoisotopic (exact) mass is 467 g/mol. The van der Waals surface area contributed by atoms with Crippen LogP contribution in [0.15, 0.2) is 78.9 Å². The average molecular weight is 468 g/mol. The van der Waals surface area contributed by atoms with Crippen molar-refractivity contribution < 1.29 is 14.3 Å². The number of benzene rings is 3. The highest BCUT2D eigenvalue weighted by Gasteiger charge is 2.25. The molecule has 1 aliphatic rings. The molecule has 35 heavy (non-hydrogen) atoms. The Balaban J connectivity index is 1.34. The summed E-state index contributed by atoms with van der Waals surface area (Å²) in [6.45, 7) is 3.19. The fraction of sp³-hybridized carbons (Fsp3) is 0.241. The molecule has 0 radical (unpaired) electrons. The van der Waals surface area contributed by atoms with Crippen molar-refractivity contribution in [3.8, 4) is 11.5 Å². The Hall–Kier alpha value is -3.90. The lowest BCUT2D eigenvalue weighted by Crippen LogP contribution is -2.35. The fourth-order valence-corrected chi connectivity index (χ4v) is 4.63. The van der Waals surface area contributed by atoms with Crippen LogP contribution in [0.1, 0.15) is 27.2 Å². The lowest BCUT2D eigenvalue weighted by Gasteiger charge is -2.30. The van der Waals surface area contributed by atoms with Crippen LogP contribution in [-0.4, -0.2) is 42.6 Å². The number of carbonyl (C=O) groups excluding carboxylic acids is 1. The summed E-state index contributed by atoms with van der Waals surface area (Å²) in [5, 5.41) is 3.95. The van der Waals surface area contributed by atoms with E-state index in [9.17, 15) is 4.79 Å². The first kappa shape index (κ1) is 22.9. The zero-order valence-electron chi connectivity index (χ0n) is 19.9. The van der Waals surface area contributed by atoms with Crippen molar-refractivity contribution >= 4 is 16.8 Å². The second kappa shape index (κ2) is 10.6. The van der Waals surface area contributed by atoms with Gasteiger partial charge in [0.05, 0.1) is 24.7 Å². The number of rotatable bonds is 8. The predicted molar refractivity (Wildman–Crippen MR) is 137 cm³/mol. The summed E-state index contributed by atoms with van der Waals surface area (Å²) >= 11 is 0. The Bertz CT molecular complexity index is 1320. The Kier molecular flexibility index (Phi) is 6.91. The van der Waals surface area contributed by atoms with Gasteiger partial charge in [0.15, 0.2) is 11.5 Å². The molecule has 5 rings (SSSR count). The van der Waals surface area contributed by atoms with Gasteiger partial charge in [0.1, 0.15) is 6.61 Å². The molecule has 6 nitrogen and oxygen atoms in total. The average Bonchev–Trinajstić information content (AvgIpc) is 2.90. The van der Waals surface area contributed by atoms with Crippen LogP contribution in [0, 0.1) is 0 Å². The number of aromatic nitrogens is 1. The first-order valence-corrected chi connectivity index (χ1v) is 11.9. The summed E-state index contributed by atoms with van der Waals surface area (Å²) in [7, 11) is 1.61. The molecule has 0 bridgehead atoms. The van der Waals surface area contributed by atoms with E-state index in [1.165, 1.54) is 5.56 Å². The van der Waals surface area contributed by atoms with Gasteiger partial charge in [-0.3, -0.25) is 14.7 Å². The number of nitrogens with zero attached hydrogens (tertiary/aromatic N) is 2. The maximum Gasteiger partial charge on any atom is 0.252 e.